The highest BCUT2D eigenvalue weighted by Crippen LogP contribution is 2.38. The van der Waals surface area contributed by atoms with Crippen LogP contribution in [0, 0.1) is 0 Å². The first-order valence-corrected chi connectivity index (χ1v) is 3.21. The van der Waals surface area contributed by atoms with Gasteiger partial charge in [-0.15, -0.1) is 0 Å². The number of ether oxygens (including phenoxy) is 1. The third-order valence-corrected chi connectivity index (χ3v) is 1.60. The molecule has 1 fully saturated rings. The zero-order valence-electron chi connectivity index (χ0n) is 6.05. The molecule has 0 aromatic heterocycles. The summed E-state index contributed by atoms with van der Waals surface area (Å²) in [4.78, 5) is 20.2. The van der Waals surface area contributed by atoms with E-state index in [1.165, 1.54) is 0 Å². The van der Waals surface area contributed by atoms with Gasteiger partial charge >= 0.3 is 5.92 Å². The summed E-state index contributed by atoms with van der Waals surface area (Å²) >= 11 is 0. The molecule has 0 aromatic rings. The molecule has 3 unspecified atom stereocenters. The first-order valence-electron chi connectivity index (χ1n) is 3.21. The molecule has 1 aliphatic heterocycles. The van der Waals surface area contributed by atoms with E-state index in [9.17, 15) is 27.2 Å². The number of Topliss-reactive ketones (excluding diaryl/α,β-unsaturated/α-hetero) is 1. The summed E-state index contributed by atoms with van der Waals surface area (Å²) in [5.41, 5.74) is 0. The molecule has 3 nitrogen and oxygen atoms in total. The van der Waals surface area contributed by atoms with E-state index in [2.05, 4.69) is 4.74 Å². The van der Waals surface area contributed by atoms with Crippen molar-refractivity contribution in [1.82, 2.24) is 0 Å². The van der Waals surface area contributed by atoms with Crippen molar-refractivity contribution in [3.05, 3.63) is 0 Å². The maximum Gasteiger partial charge on any atom is 0.336 e. The first kappa shape index (κ1) is 10.1. The maximum atomic E-state index is 12.6. The third kappa shape index (κ3) is 1.43. The summed E-state index contributed by atoms with van der Waals surface area (Å²) in [5.74, 6) is -5.91. The number of hydrogen-bond acceptors (Lipinski definition) is 3. The fourth-order valence-corrected chi connectivity index (χ4v) is 0.894. The highest BCUT2D eigenvalue weighted by atomic mass is 19.3. The highest BCUT2D eigenvalue weighted by molar-refractivity contribution is 6.27. The molecule has 74 valence electrons. The molecule has 1 saturated heterocycles. The number of alkyl halides is 4. The second-order valence-corrected chi connectivity index (χ2v) is 2.47. The second-order valence-electron chi connectivity index (χ2n) is 2.47. The van der Waals surface area contributed by atoms with Gasteiger partial charge in [0, 0.05) is 0 Å². The van der Waals surface area contributed by atoms with E-state index in [1.54, 1.807) is 0 Å². The van der Waals surface area contributed by atoms with Gasteiger partial charge in [-0.1, -0.05) is 0 Å². The Morgan fingerprint density at radius 1 is 1.38 bits per heavy atom. The topological polar surface area (TPSA) is 43.4 Å². The molecular weight excluding hydrogens is 196 g/mol. The lowest BCUT2D eigenvalue weighted by molar-refractivity contribution is -0.155. The van der Waals surface area contributed by atoms with E-state index in [4.69, 9.17) is 0 Å². The SMILES string of the molecule is O=CC(=O)C1OC(F)C(F)(F)C1F. The molecule has 0 spiro atoms. The normalized spacial score (nSPS) is 37.4. The van der Waals surface area contributed by atoms with E-state index in [0.717, 1.165) is 0 Å². The molecule has 7 heteroatoms. The molecule has 0 radical (unpaired) electrons. The number of carbonyl (C=O) groups excluding carboxylic acids is 2. The Kier molecular flexibility index (Phi) is 2.38. The van der Waals surface area contributed by atoms with Crippen molar-refractivity contribution in [3.63, 3.8) is 0 Å². The fourth-order valence-electron chi connectivity index (χ4n) is 0.894. The minimum Gasteiger partial charge on any atom is -0.328 e. The summed E-state index contributed by atoms with van der Waals surface area (Å²) in [6, 6.07) is 0. The number of halogens is 4. The summed E-state index contributed by atoms with van der Waals surface area (Å²) in [6.45, 7) is 0. The van der Waals surface area contributed by atoms with Gasteiger partial charge < -0.3 is 4.74 Å². The standard InChI is InChI=1S/C6H4F4O3/c7-4-3(2(12)1-11)13-5(8)6(4,9)10/h1,3-5H. The Morgan fingerprint density at radius 3 is 2.23 bits per heavy atom. The first-order chi connectivity index (χ1) is 5.91. The Balaban J connectivity index is 2.85. The fraction of sp³-hybridized carbons (Fsp3) is 0.667. The van der Waals surface area contributed by atoms with Crippen LogP contribution in [0.25, 0.3) is 0 Å². The van der Waals surface area contributed by atoms with Crippen LogP contribution in [0.4, 0.5) is 17.6 Å². The van der Waals surface area contributed by atoms with Gasteiger partial charge in [-0.25, -0.2) is 8.78 Å². The smallest absolute Gasteiger partial charge is 0.328 e. The molecule has 1 heterocycles. The van der Waals surface area contributed by atoms with Crippen molar-refractivity contribution < 1.29 is 31.9 Å². The Labute approximate surface area is 69.7 Å². The lowest BCUT2D eigenvalue weighted by Gasteiger charge is -2.11. The van der Waals surface area contributed by atoms with E-state index in [1.807, 2.05) is 0 Å². The zero-order chi connectivity index (χ0) is 10.2. The van der Waals surface area contributed by atoms with Crippen molar-refractivity contribution in [3.8, 4) is 0 Å². The number of aldehydes is 1. The minimum atomic E-state index is -4.37. The van der Waals surface area contributed by atoms with Crippen LogP contribution in [0.1, 0.15) is 0 Å². The van der Waals surface area contributed by atoms with Gasteiger partial charge in [0.05, 0.1) is 0 Å². The molecule has 0 bridgehead atoms. The number of ketones is 1. The van der Waals surface area contributed by atoms with Gasteiger partial charge in [-0.3, -0.25) is 9.59 Å². The van der Waals surface area contributed by atoms with Crippen LogP contribution < -0.4 is 0 Å². The molecule has 1 aliphatic rings. The Morgan fingerprint density at radius 2 is 1.92 bits per heavy atom. The van der Waals surface area contributed by atoms with E-state index < -0.39 is 30.3 Å². The predicted molar refractivity (Wildman–Crippen MR) is 30.7 cm³/mol. The van der Waals surface area contributed by atoms with E-state index in [-0.39, 0.29) is 6.29 Å². The average molecular weight is 200 g/mol. The molecule has 0 aromatic carbocycles. The Bertz CT molecular complexity index is 242. The van der Waals surface area contributed by atoms with Crippen molar-refractivity contribution in [1.29, 1.82) is 0 Å². The molecule has 0 saturated carbocycles. The maximum absolute atomic E-state index is 12.6. The second kappa shape index (κ2) is 3.06. The Hall–Kier alpha value is -0.980. The van der Waals surface area contributed by atoms with Crippen LogP contribution in [0.15, 0.2) is 0 Å². The van der Waals surface area contributed by atoms with Crippen LogP contribution in [-0.2, 0) is 14.3 Å². The molecule has 3 atom stereocenters. The zero-order valence-corrected chi connectivity index (χ0v) is 6.05. The summed E-state index contributed by atoms with van der Waals surface area (Å²) in [6.07, 6.45) is -9.01. The largest absolute Gasteiger partial charge is 0.336 e. The lowest BCUT2D eigenvalue weighted by Crippen LogP contribution is -2.38. The highest BCUT2D eigenvalue weighted by Gasteiger charge is 2.62. The molecule has 13 heavy (non-hydrogen) atoms. The average Bonchev–Trinajstić information content (AvgIpc) is 2.28. The van der Waals surface area contributed by atoms with Gasteiger partial charge in [0.2, 0.25) is 12.0 Å². The number of carbonyl (C=O) groups is 2. The van der Waals surface area contributed by atoms with Crippen LogP contribution in [0.5, 0.6) is 0 Å². The predicted octanol–water partition coefficient (Wildman–Crippen LogP) is 0.422. The lowest BCUT2D eigenvalue weighted by atomic mass is 10.1. The van der Waals surface area contributed by atoms with Crippen LogP contribution in [0.3, 0.4) is 0 Å². The van der Waals surface area contributed by atoms with Gasteiger partial charge in [0.25, 0.3) is 6.36 Å². The van der Waals surface area contributed by atoms with Crippen LogP contribution in [-0.4, -0.2) is 36.6 Å². The van der Waals surface area contributed by atoms with Crippen LogP contribution >= 0.6 is 0 Å². The molecule has 1 rings (SSSR count). The summed E-state index contributed by atoms with van der Waals surface area (Å²) in [7, 11) is 0. The van der Waals surface area contributed by atoms with Crippen molar-refractivity contribution in [2.24, 2.45) is 0 Å². The summed E-state index contributed by atoms with van der Waals surface area (Å²) < 4.78 is 53.1. The molecule has 0 amide bonds. The monoisotopic (exact) mass is 200 g/mol. The molecular formula is C6H4F4O3. The van der Waals surface area contributed by atoms with Gasteiger partial charge in [0.1, 0.15) is 0 Å². The quantitative estimate of drug-likeness (QED) is 0.368. The summed E-state index contributed by atoms with van der Waals surface area (Å²) in [5, 5.41) is 0. The van der Waals surface area contributed by atoms with Crippen molar-refractivity contribution >= 4 is 12.1 Å². The van der Waals surface area contributed by atoms with Crippen LogP contribution in [0.2, 0.25) is 0 Å². The van der Waals surface area contributed by atoms with Crippen molar-refractivity contribution in [2.75, 3.05) is 0 Å². The minimum absolute atomic E-state index is 0.384. The van der Waals surface area contributed by atoms with Gasteiger partial charge in [-0.2, -0.15) is 8.78 Å². The van der Waals surface area contributed by atoms with Gasteiger partial charge in [-0.05, 0) is 0 Å². The molecule has 0 aliphatic carbocycles. The van der Waals surface area contributed by atoms with Gasteiger partial charge in [0.15, 0.2) is 12.4 Å². The van der Waals surface area contributed by atoms with Crippen molar-refractivity contribution in [2.45, 2.75) is 24.6 Å². The number of hydrogen-bond donors (Lipinski definition) is 0. The molecule has 0 N–H and O–H groups in total. The van der Waals surface area contributed by atoms with E-state index >= 15 is 0 Å². The third-order valence-electron chi connectivity index (χ3n) is 1.60. The number of rotatable bonds is 2. The van der Waals surface area contributed by atoms with E-state index in [0.29, 0.717) is 0 Å².